The number of hydrogen-bond donors (Lipinski definition) is 3. The Labute approximate surface area is 110 Å². The predicted molar refractivity (Wildman–Crippen MR) is 69.4 cm³/mol. The molecule has 3 N–H and O–H groups in total. The second-order valence-corrected chi connectivity index (χ2v) is 4.31. The Kier molecular flexibility index (Phi) is 5.29. The van der Waals surface area contributed by atoms with Crippen LogP contribution < -0.4 is 10.6 Å². The van der Waals surface area contributed by atoms with Gasteiger partial charge in [0, 0.05) is 5.69 Å². The van der Waals surface area contributed by atoms with Gasteiger partial charge in [-0.1, -0.05) is 20.3 Å². The maximum atomic E-state index is 12.7. The first kappa shape index (κ1) is 14.9. The fraction of sp³-hybridized carbons (Fsp3) is 0.385. The van der Waals surface area contributed by atoms with Crippen molar-refractivity contribution in [3.05, 3.63) is 30.1 Å². The predicted octanol–water partition coefficient (Wildman–Crippen LogP) is 2.45. The lowest BCUT2D eigenvalue weighted by Crippen LogP contribution is -2.46. The zero-order chi connectivity index (χ0) is 14.4. The molecule has 0 saturated carbocycles. The quantitative estimate of drug-likeness (QED) is 0.767. The lowest BCUT2D eigenvalue weighted by molar-refractivity contribution is -0.140. The minimum Gasteiger partial charge on any atom is -0.480 e. The molecule has 0 aliphatic rings. The highest BCUT2D eigenvalue weighted by Gasteiger charge is 2.25. The molecule has 6 heteroatoms. The average molecular weight is 268 g/mol. The van der Waals surface area contributed by atoms with Crippen molar-refractivity contribution in [1.29, 1.82) is 0 Å². The number of anilines is 1. The van der Waals surface area contributed by atoms with Gasteiger partial charge < -0.3 is 15.7 Å². The summed E-state index contributed by atoms with van der Waals surface area (Å²) in [6.07, 6.45) is 0.633. The maximum Gasteiger partial charge on any atom is 0.326 e. The molecule has 5 nitrogen and oxygen atoms in total. The number of nitrogens with one attached hydrogen (secondary N) is 2. The van der Waals surface area contributed by atoms with Crippen LogP contribution in [0.3, 0.4) is 0 Å². The normalized spacial score (nSPS) is 13.4. The summed E-state index contributed by atoms with van der Waals surface area (Å²) in [6, 6.07) is 3.63. The number of carboxylic acid groups (broad SMARTS) is 1. The molecule has 2 atom stereocenters. The molecule has 0 aliphatic carbocycles. The summed E-state index contributed by atoms with van der Waals surface area (Å²) in [5, 5.41) is 13.9. The van der Waals surface area contributed by atoms with Crippen LogP contribution in [0.4, 0.5) is 14.9 Å². The molecule has 0 bridgehead atoms. The number of carboxylic acids is 1. The largest absolute Gasteiger partial charge is 0.480 e. The van der Waals surface area contributed by atoms with Crippen molar-refractivity contribution < 1.29 is 19.1 Å². The van der Waals surface area contributed by atoms with Gasteiger partial charge in [-0.25, -0.2) is 14.0 Å². The summed E-state index contributed by atoms with van der Waals surface area (Å²) >= 11 is 0. The summed E-state index contributed by atoms with van der Waals surface area (Å²) in [6.45, 7) is 3.59. The number of amides is 2. The first-order chi connectivity index (χ1) is 8.93. The molecule has 0 fully saturated rings. The van der Waals surface area contributed by atoms with E-state index in [9.17, 15) is 14.0 Å². The molecule has 0 aromatic heterocycles. The van der Waals surface area contributed by atoms with Crippen LogP contribution >= 0.6 is 0 Å². The van der Waals surface area contributed by atoms with Crippen LogP contribution in [0.15, 0.2) is 24.3 Å². The number of urea groups is 1. The van der Waals surface area contributed by atoms with Gasteiger partial charge in [-0.15, -0.1) is 0 Å². The van der Waals surface area contributed by atoms with Crippen LogP contribution in [0.1, 0.15) is 20.3 Å². The second kappa shape index (κ2) is 6.72. The van der Waals surface area contributed by atoms with Crippen LogP contribution in [0.2, 0.25) is 0 Å². The van der Waals surface area contributed by atoms with Crippen LogP contribution in [-0.2, 0) is 4.79 Å². The van der Waals surface area contributed by atoms with E-state index in [1.165, 1.54) is 24.3 Å². The molecule has 0 spiro atoms. The summed E-state index contributed by atoms with van der Waals surface area (Å²) in [4.78, 5) is 22.7. The lowest BCUT2D eigenvalue weighted by atomic mass is 9.99. The topological polar surface area (TPSA) is 78.4 Å². The van der Waals surface area contributed by atoms with E-state index in [-0.39, 0.29) is 5.92 Å². The van der Waals surface area contributed by atoms with Crippen molar-refractivity contribution in [3.8, 4) is 0 Å². The second-order valence-electron chi connectivity index (χ2n) is 4.31. The molecule has 1 aromatic carbocycles. The van der Waals surface area contributed by atoms with Crippen molar-refractivity contribution in [3.63, 3.8) is 0 Å². The van der Waals surface area contributed by atoms with E-state index in [4.69, 9.17) is 5.11 Å². The first-order valence-corrected chi connectivity index (χ1v) is 6.00. The van der Waals surface area contributed by atoms with E-state index >= 15 is 0 Å². The van der Waals surface area contributed by atoms with Crippen LogP contribution in [0.5, 0.6) is 0 Å². The summed E-state index contributed by atoms with van der Waals surface area (Å²) < 4.78 is 12.7. The van der Waals surface area contributed by atoms with Crippen LogP contribution in [0, 0.1) is 11.7 Å². The Morgan fingerprint density at radius 3 is 2.37 bits per heavy atom. The molecule has 1 rings (SSSR count). The zero-order valence-corrected chi connectivity index (χ0v) is 10.8. The fourth-order valence-electron chi connectivity index (χ4n) is 1.52. The van der Waals surface area contributed by atoms with E-state index in [1.807, 2.05) is 6.92 Å². The molecular weight excluding hydrogens is 251 g/mol. The molecular formula is C13H17FN2O3. The Morgan fingerprint density at radius 2 is 1.89 bits per heavy atom. The van der Waals surface area contributed by atoms with Gasteiger partial charge in [0.2, 0.25) is 0 Å². The minimum absolute atomic E-state index is 0.184. The SMILES string of the molecule is CC[C@H](C)[C@H](NC(=O)Nc1ccc(F)cc1)C(=O)O. The standard InChI is InChI=1S/C13H17FN2O3/c1-3-8(2)11(12(17)18)16-13(19)15-10-6-4-9(14)5-7-10/h4-8,11H,3H2,1-2H3,(H,17,18)(H2,15,16,19)/t8-,11-/m0/s1. The average Bonchev–Trinajstić information content (AvgIpc) is 2.37. The Bertz CT molecular complexity index is 448. The number of carbonyl (C=O) groups excluding carboxylic acids is 1. The molecule has 0 unspecified atom stereocenters. The number of carbonyl (C=O) groups is 2. The monoisotopic (exact) mass is 268 g/mol. The maximum absolute atomic E-state index is 12.7. The highest BCUT2D eigenvalue weighted by atomic mass is 19.1. The van der Waals surface area contributed by atoms with E-state index in [0.717, 1.165) is 0 Å². The van der Waals surface area contributed by atoms with Crippen LogP contribution in [0.25, 0.3) is 0 Å². The van der Waals surface area contributed by atoms with Gasteiger partial charge in [0.15, 0.2) is 0 Å². The third-order valence-corrected chi connectivity index (χ3v) is 2.87. The molecule has 0 aliphatic heterocycles. The van der Waals surface area contributed by atoms with Crippen molar-refractivity contribution in [2.45, 2.75) is 26.3 Å². The zero-order valence-electron chi connectivity index (χ0n) is 10.8. The summed E-state index contributed by atoms with van der Waals surface area (Å²) in [5.74, 6) is -1.67. The number of hydrogen-bond acceptors (Lipinski definition) is 2. The molecule has 0 heterocycles. The van der Waals surface area contributed by atoms with E-state index in [0.29, 0.717) is 12.1 Å². The van der Waals surface area contributed by atoms with Crippen molar-refractivity contribution in [2.24, 2.45) is 5.92 Å². The van der Waals surface area contributed by atoms with E-state index in [1.54, 1.807) is 6.92 Å². The lowest BCUT2D eigenvalue weighted by Gasteiger charge is -2.20. The van der Waals surface area contributed by atoms with Gasteiger partial charge >= 0.3 is 12.0 Å². The third-order valence-electron chi connectivity index (χ3n) is 2.87. The summed E-state index contributed by atoms with van der Waals surface area (Å²) in [7, 11) is 0. The third kappa shape index (κ3) is 4.57. The Morgan fingerprint density at radius 1 is 1.32 bits per heavy atom. The van der Waals surface area contributed by atoms with E-state index < -0.39 is 23.9 Å². The molecule has 2 amide bonds. The van der Waals surface area contributed by atoms with Crippen molar-refractivity contribution >= 4 is 17.7 Å². The van der Waals surface area contributed by atoms with Gasteiger partial charge in [0.05, 0.1) is 0 Å². The molecule has 0 saturated heterocycles. The van der Waals surface area contributed by atoms with Gasteiger partial charge in [0.1, 0.15) is 11.9 Å². The first-order valence-electron chi connectivity index (χ1n) is 6.00. The number of aliphatic carboxylic acids is 1. The van der Waals surface area contributed by atoms with E-state index in [2.05, 4.69) is 10.6 Å². The molecule has 0 radical (unpaired) electrons. The number of rotatable bonds is 5. The highest BCUT2D eigenvalue weighted by Crippen LogP contribution is 2.10. The fourth-order valence-corrected chi connectivity index (χ4v) is 1.52. The van der Waals surface area contributed by atoms with Gasteiger partial charge in [-0.05, 0) is 30.2 Å². The number of benzene rings is 1. The number of halogens is 1. The Balaban J connectivity index is 2.62. The van der Waals surface area contributed by atoms with Crippen LogP contribution in [-0.4, -0.2) is 23.1 Å². The highest BCUT2D eigenvalue weighted by molar-refractivity contribution is 5.92. The van der Waals surface area contributed by atoms with Gasteiger partial charge in [0.25, 0.3) is 0 Å². The van der Waals surface area contributed by atoms with Crippen molar-refractivity contribution in [2.75, 3.05) is 5.32 Å². The van der Waals surface area contributed by atoms with Crippen molar-refractivity contribution in [1.82, 2.24) is 5.32 Å². The Hall–Kier alpha value is -2.11. The summed E-state index contributed by atoms with van der Waals surface area (Å²) in [5.41, 5.74) is 0.396. The molecule has 104 valence electrons. The van der Waals surface area contributed by atoms with Gasteiger partial charge in [-0.3, -0.25) is 0 Å². The minimum atomic E-state index is -1.08. The molecule has 19 heavy (non-hydrogen) atoms. The van der Waals surface area contributed by atoms with Gasteiger partial charge in [-0.2, -0.15) is 0 Å². The smallest absolute Gasteiger partial charge is 0.326 e. The molecule has 1 aromatic rings.